The minimum absolute atomic E-state index is 0.0563. The average Bonchev–Trinajstić information content (AvgIpc) is 1.95. The van der Waals surface area contributed by atoms with E-state index in [-0.39, 0.29) is 5.02 Å². The molecule has 0 aliphatic carbocycles. The van der Waals surface area contributed by atoms with Crippen LogP contribution in [0.1, 0.15) is 0 Å². The highest BCUT2D eigenvalue weighted by Crippen LogP contribution is 2.18. The van der Waals surface area contributed by atoms with Crippen LogP contribution in [0.5, 0.6) is 5.75 Å². The summed E-state index contributed by atoms with van der Waals surface area (Å²) in [6.45, 7) is 0. The smallest absolute Gasteiger partial charge is 0.145 e. The van der Waals surface area contributed by atoms with Gasteiger partial charge in [0.15, 0.2) is 0 Å². The second-order valence-electron chi connectivity index (χ2n) is 1.70. The van der Waals surface area contributed by atoms with Gasteiger partial charge in [-0.3, -0.25) is 0 Å². The second kappa shape index (κ2) is 2.88. The van der Waals surface area contributed by atoms with Gasteiger partial charge in [0, 0.05) is 12.1 Å². The minimum Gasteiger partial charge on any atom is -0.496 e. The summed E-state index contributed by atoms with van der Waals surface area (Å²) in [5, 5.41) is 0.0563. The van der Waals surface area contributed by atoms with Crippen LogP contribution in [0.15, 0.2) is 12.1 Å². The standard InChI is InChI=1S/C7H5ClFO/c1-10-5-2-3-6(8)7(9)4-5/h3-4H,1H3. The predicted octanol–water partition coefficient (Wildman–Crippen LogP) is 2.29. The Morgan fingerprint density at radius 1 is 1.70 bits per heavy atom. The highest BCUT2D eigenvalue weighted by atomic mass is 35.5. The molecule has 3 heteroatoms. The SMILES string of the molecule is COc1[c]cc(Cl)c(F)c1. The van der Waals surface area contributed by atoms with Gasteiger partial charge in [0.25, 0.3) is 0 Å². The highest BCUT2D eigenvalue weighted by molar-refractivity contribution is 6.30. The van der Waals surface area contributed by atoms with Crippen molar-refractivity contribution in [1.29, 1.82) is 0 Å². The van der Waals surface area contributed by atoms with Gasteiger partial charge in [-0.1, -0.05) is 11.6 Å². The first-order valence-corrected chi connectivity index (χ1v) is 3.02. The average molecular weight is 160 g/mol. The molecule has 1 nitrogen and oxygen atoms in total. The van der Waals surface area contributed by atoms with Crippen LogP contribution in [-0.2, 0) is 0 Å². The summed E-state index contributed by atoms with van der Waals surface area (Å²) in [6, 6.07) is 5.14. The highest BCUT2D eigenvalue weighted by Gasteiger charge is 1.99. The van der Waals surface area contributed by atoms with E-state index in [1.54, 1.807) is 0 Å². The lowest BCUT2D eigenvalue weighted by atomic mass is 10.3. The molecular formula is C7H5ClFO. The number of methoxy groups -OCH3 is 1. The Morgan fingerprint density at radius 3 is 2.90 bits per heavy atom. The summed E-state index contributed by atoms with van der Waals surface area (Å²) >= 11 is 5.38. The van der Waals surface area contributed by atoms with Gasteiger partial charge in [0.1, 0.15) is 11.6 Å². The molecule has 0 heterocycles. The zero-order chi connectivity index (χ0) is 7.56. The number of hydrogen-bond acceptors (Lipinski definition) is 1. The van der Waals surface area contributed by atoms with E-state index in [2.05, 4.69) is 6.07 Å². The molecule has 0 atom stereocenters. The fraction of sp³-hybridized carbons (Fsp3) is 0.143. The summed E-state index contributed by atoms with van der Waals surface area (Å²) in [6.07, 6.45) is 0. The molecule has 0 aliphatic heterocycles. The van der Waals surface area contributed by atoms with Crippen molar-refractivity contribution in [2.75, 3.05) is 7.11 Å². The van der Waals surface area contributed by atoms with Gasteiger partial charge in [-0.05, 0) is 6.07 Å². The molecule has 0 aliphatic rings. The number of ether oxygens (including phenoxy) is 1. The molecule has 1 aromatic carbocycles. The van der Waals surface area contributed by atoms with Crippen LogP contribution in [0, 0.1) is 11.9 Å². The Labute approximate surface area is 63.4 Å². The van der Waals surface area contributed by atoms with E-state index in [1.807, 2.05) is 0 Å². The normalized spacial score (nSPS) is 9.50. The first kappa shape index (κ1) is 7.35. The van der Waals surface area contributed by atoms with Crippen molar-refractivity contribution in [2.24, 2.45) is 0 Å². The summed E-state index contributed by atoms with van der Waals surface area (Å²) < 4.78 is 17.2. The summed E-state index contributed by atoms with van der Waals surface area (Å²) in [4.78, 5) is 0. The van der Waals surface area contributed by atoms with Crippen LogP contribution >= 0.6 is 11.6 Å². The summed E-state index contributed by atoms with van der Waals surface area (Å²) in [7, 11) is 1.44. The molecular weight excluding hydrogens is 155 g/mol. The van der Waals surface area contributed by atoms with Crippen molar-refractivity contribution in [3.63, 3.8) is 0 Å². The van der Waals surface area contributed by atoms with Gasteiger partial charge in [-0.2, -0.15) is 0 Å². The van der Waals surface area contributed by atoms with E-state index in [9.17, 15) is 4.39 Å². The lowest BCUT2D eigenvalue weighted by molar-refractivity contribution is 0.410. The first-order valence-electron chi connectivity index (χ1n) is 2.65. The molecule has 0 saturated heterocycles. The van der Waals surface area contributed by atoms with Crippen molar-refractivity contribution < 1.29 is 9.13 Å². The maximum Gasteiger partial charge on any atom is 0.145 e. The maximum absolute atomic E-state index is 12.5. The third-order valence-corrected chi connectivity index (χ3v) is 1.34. The van der Waals surface area contributed by atoms with Gasteiger partial charge < -0.3 is 4.74 Å². The quantitative estimate of drug-likeness (QED) is 0.611. The molecule has 10 heavy (non-hydrogen) atoms. The van der Waals surface area contributed by atoms with Crippen molar-refractivity contribution >= 4 is 11.6 Å². The van der Waals surface area contributed by atoms with Crippen LogP contribution in [0.25, 0.3) is 0 Å². The number of rotatable bonds is 1. The molecule has 0 N–H and O–H groups in total. The Hall–Kier alpha value is -0.760. The Bertz CT molecular complexity index is 237. The molecule has 0 bridgehead atoms. The van der Waals surface area contributed by atoms with Crippen LogP contribution < -0.4 is 4.74 Å². The Morgan fingerprint density at radius 2 is 2.40 bits per heavy atom. The van der Waals surface area contributed by atoms with Crippen LogP contribution in [0.2, 0.25) is 5.02 Å². The molecule has 0 unspecified atom stereocenters. The van der Waals surface area contributed by atoms with Crippen molar-refractivity contribution in [2.45, 2.75) is 0 Å². The lowest BCUT2D eigenvalue weighted by Crippen LogP contribution is -1.84. The van der Waals surface area contributed by atoms with Gasteiger partial charge in [-0.25, -0.2) is 4.39 Å². The Kier molecular flexibility index (Phi) is 2.12. The molecule has 1 aromatic rings. The minimum atomic E-state index is -0.489. The predicted molar refractivity (Wildman–Crippen MR) is 36.8 cm³/mol. The van der Waals surface area contributed by atoms with Crippen LogP contribution in [0.3, 0.4) is 0 Å². The third-order valence-electron chi connectivity index (χ3n) is 1.05. The molecule has 0 aromatic heterocycles. The second-order valence-corrected chi connectivity index (χ2v) is 2.10. The monoisotopic (exact) mass is 159 g/mol. The molecule has 0 amide bonds. The van der Waals surface area contributed by atoms with E-state index in [0.717, 1.165) is 0 Å². The fourth-order valence-corrected chi connectivity index (χ4v) is 0.656. The van der Waals surface area contributed by atoms with Gasteiger partial charge in [0.2, 0.25) is 0 Å². The molecule has 1 rings (SSSR count). The first-order chi connectivity index (χ1) is 4.74. The maximum atomic E-state index is 12.5. The lowest BCUT2D eigenvalue weighted by Gasteiger charge is -1.97. The van der Waals surface area contributed by atoms with E-state index >= 15 is 0 Å². The van der Waals surface area contributed by atoms with Crippen LogP contribution in [0.4, 0.5) is 4.39 Å². The van der Waals surface area contributed by atoms with Crippen molar-refractivity contribution in [3.05, 3.63) is 29.0 Å². The van der Waals surface area contributed by atoms with E-state index < -0.39 is 5.82 Å². The zero-order valence-electron chi connectivity index (χ0n) is 5.32. The molecule has 0 spiro atoms. The van der Waals surface area contributed by atoms with Crippen molar-refractivity contribution in [1.82, 2.24) is 0 Å². The number of halogens is 2. The van der Waals surface area contributed by atoms with E-state index in [1.165, 1.54) is 19.2 Å². The van der Waals surface area contributed by atoms with Crippen LogP contribution in [-0.4, -0.2) is 7.11 Å². The summed E-state index contributed by atoms with van der Waals surface area (Å²) in [5.41, 5.74) is 0. The number of hydrogen-bond donors (Lipinski definition) is 0. The topological polar surface area (TPSA) is 9.23 Å². The fourth-order valence-electron chi connectivity index (χ4n) is 0.547. The Balaban J connectivity index is 3.04. The van der Waals surface area contributed by atoms with Gasteiger partial charge in [0.05, 0.1) is 12.1 Å². The largest absolute Gasteiger partial charge is 0.496 e. The zero-order valence-corrected chi connectivity index (χ0v) is 6.07. The molecule has 0 fully saturated rings. The molecule has 1 radical (unpaired) electrons. The van der Waals surface area contributed by atoms with Gasteiger partial charge in [-0.15, -0.1) is 0 Å². The van der Waals surface area contributed by atoms with Crippen molar-refractivity contribution in [3.8, 4) is 5.75 Å². The van der Waals surface area contributed by atoms with Gasteiger partial charge >= 0.3 is 0 Å². The summed E-state index contributed by atoms with van der Waals surface area (Å²) in [5.74, 6) is -0.140. The third kappa shape index (κ3) is 1.39. The van der Waals surface area contributed by atoms with E-state index in [4.69, 9.17) is 16.3 Å². The van der Waals surface area contributed by atoms with E-state index in [0.29, 0.717) is 5.75 Å². The molecule has 0 saturated carbocycles. The number of benzene rings is 1. The molecule has 53 valence electrons.